The molecule has 2 amide bonds. The molecule has 0 atom stereocenters. The van der Waals surface area contributed by atoms with Gasteiger partial charge in [0, 0.05) is 12.6 Å². The number of hydrogen-bond acceptors (Lipinski definition) is 3. The molecule has 1 aliphatic carbocycles. The van der Waals surface area contributed by atoms with E-state index < -0.39 is 0 Å². The van der Waals surface area contributed by atoms with Crippen molar-refractivity contribution in [3.8, 4) is 0 Å². The lowest BCUT2D eigenvalue weighted by atomic mass is 9.97. The minimum absolute atomic E-state index is 0.0135. The maximum absolute atomic E-state index is 11.6. The third kappa shape index (κ3) is 5.99. The van der Waals surface area contributed by atoms with E-state index in [0.717, 1.165) is 19.3 Å². The van der Waals surface area contributed by atoms with Crippen LogP contribution in [-0.4, -0.2) is 24.9 Å². The molecule has 0 radical (unpaired) electrons. The zero-order valence-corrected chi connectivity index (χ0v) is 12.6. The van der Waals surface area contributed by atoms with E-state index in [0.29, 0.717) is 12.3 Å². The monoisotopic (exact) mass is 302 g/mol. The van der Waals surface area contributed by atoms with Gasteiger partial charge in [0.2, 0.25) is 11.8 Å². The van der Waals surface area contributed by atoms with Gasteiger partial charge in [0.15, 0.2) is 0 Å². The molecule has 0 aromatic carbocycles. The molecular weight excluding hydrogens is 280 g/mol. The van der Waals surface area contributed by atoms with Crippen LogP contribution in [0.1, 0.15) is 37.9 Å². The van der Waals surface area contributed by atoms with Crippen LogP contribution >= 0.6 is 0 Å². The quantitative estimate of drug-likeness (QED) is 0.600. The highest BCUT2D eigenvalue weighted by atomic mass is 16.3. The third-order valence-corrected chi connectivity index (χ3v) is 3.52. The molecule has 2 rings (SSSR count). The molecular formula is C17H22N2O3. The van der Waals surface area contributed by atoms with E-state index >= 15 is 0 Å². The summed E-state index contributed by atoms with van der Waals surface area (Å²) in [5.41, 5.74) is 1.43. The zero-order valence-electron chi connectivity index (χ0n) is 12.6. The van der Waals surface area contributed by atoms with Gasteiger partial charge >= 0.3 is 0 Å². The highest BCUT2D eigenvalue weighted by Gasteiger charge is 2.06. The summed E-state index contributed by atoms with van der Waals surface area (Å²) >= 11 is 0. The topological polar surface area (TPSA) is 71.3 Å². The Morgan fingerprint density at radius 1 is 1.27 bits per heavy atom. The second-order valence-corrected chi connectivity index (χ2v) is 5.27. The summed E-state index contributed by atoms with van der Waals surface area (Å²) in [4.78, 5) is 23.2. The van der Waals surface area contributed by atoms with Gasteiger partial charge in [-0.2, -0.15) is 0 Å². The summed E-state index contributed by atoms with van der Waals surface area (Å²) in [5.74, 6) is 0.109. The lowest BCUT2D eigenvalue weighted by molar-refractivity contribution is -0.123. The van der Waals surface area contributed by atoms with Crippen molar-refractivity contribution in [1.29, 1.82) is 0 Å². The Bertz CT molecular complexity index is 544. The smallest absolute Gasteiger partial charge is 0.244 e. The number of amides is 2. The molecule has 5 nitrogen and oxygen atoms in total. The Balaban J connectivity index is 1.58. The van der Waals surface area contributed by atoms with Crippen molar-refractivity contribution >= 4 is 17.9 Å². The molecule has 0 bridgehead atoms. The van der Waals surface area contributed by atoms with Crippen molar-refractivity contribution in [3.05, 3.63) is 41.9 Å². The first-order valence-corrected chi connectivity index (χ1v) is 7.68. The second-order valence-electron chi connectivity index (χ2n) is 5.27. The van der Waals surface area contributed by atoms with Crippen molar-refractivity contribution in [1.82, 2.24) is 10.6 Å². The Morgan fingerprint density at radius 3 is 2.91 bits per heavy atom. The number of nitrogens with one attached hydrogen (secondary N) is 2. The summed E-state index contributed by atoms with van der Waals surface area (Å²) < 4.78 is 5.07. The second kappa shape index (κ2) is 8.87. The van der Waals surface area contributed by atoms with Crippen LogP contribution < -0.4 is 10.6 Å². The predicted octanol–water partition coefficient (Wildman–Crippen LogP) is 2.42. The molecule has 1 aliphatic rings. The maximum Gasteiger partial charge on any atom is 0.244 e. The molecule has 1 aromatic rings. The Kier molecular flexibility index (Phi) is 6.48. The van der Waals surface area contributed by atoms with E-state index in [-0.39, 0.29) is 18.4 Å². The SMILES string of the molecule is O=C(/C=C/c1ccco1)NCC(=O)NCCC1=CCCCC1. The standard InChI is InChI=1S/C17H22N2O3/c20-16(9-8-15-7-4-12-22-15)19-13-17(21)18-11-10-14-5-2-1-3-6-14/h4-5,7-9,12H,1-3,6,10-11,13H2,(H,18,21)(H,19,20)/b9-8+. The summed E-state index contributed by atoms with van der Waals surface area (Å²) in [7, 11) is 0. The number of carbonyl (C=O) groups excluding carboxylic acids is 2. The molecule has 1 aromatic heterocycles. The number of furan rings is 1. The van der Waals surface area contributed by atoms with Crippen molar-refractivity contribution in [3.63, 3.8) is 0 Å². The van der Waals surface area contributed by atoms with Crippen LogP contribution in [0.3, 0.4) is 0 Å². The molecule has 0 saturated carbocycles. The Labute approximate surface area is 130 Å². The normalized spacial score (nSPS) is 14.6. The lowest BCUT2D eigenvalue weighted by Gasteiger charge is -2.12. The first-order chi connectivity index (χ1) is 10.7. The fourth-order valence-corrected chi connectivity index (χ4v) is 2.33. The summed E-state index contributed by atoms with van der Waals surface area (Å²) in [6.45, 7) is 0.614. The molecule has 2 N–H and O–H groups in total. The van der Waals surface area contributed by atoms with Crippen molar-refractivity contribution in [2.24, 2.45) is 0 Å². The van der Waals surface area contributed by atoms with Gasteiger partial charge < -0.3 is 15.1 Å². The van der Waals surface area contributed by atoms with Gasteiger partial charge in [0.25, 0.3) is 0 Å². The van der Waals surface area contributed by atoms with Crippen molar-refractivity contribution < 1.29 is 14.0 Å². The van der Waals surface area contributed by atoms with E-state index in [9.17, 15) is 9.59 Å². The lowest BCUT2D eigenvalue weighted by Crippen LogP contribution is -2.36. The van der Waals surface area contributed by atoms with Crippen molar-refractivity contribution in [2.45, 2.75) is 32.1 Å². The first kappa shape index (κ1) is 16.1. The number of allylic oxidation sites excluding steroid dienone is 1. The highest BCUT2D eigenvalue weighted by Crippen LogP contribution is 2.19. The molecule has 0 unspecified atom stereocenters. The average molecular weight is 302 g/mol. The molecule has 118 valence electrons. The maximum atomic E-state index is 11.6. The number of carbonyl (C=O) groups is 2. The Hall–Kier alpha value is -2.30. The van der Waals surface area contributed by atoms with E-state index in [2.05, 4.69) is 16.7 Å². The molecule has 0 saturated heterocycles. The van der Waals surface area contributed by atoms with Gasteiger partial charge in [-0.1, -0.05) is 11.6 Å². The first-order valence-electron chi connectivity index (χ1n) is 7.68. The molecule has 0 spiro atoms. The summed E-state index contributed by atoms with van der Waals surface area (Å²) in [6.07, 6.45) is 12.4. The van der Waals surface area contributed by atoms with Crippen molar-refractivity contribution in [2.75, 3.05) is 13.1 Å². The van der Waals surface area contributed by atoms with Gasteiger partial charge in [0.1, 0.15) is 5.76 Å². The molecule has 22 heavy (non-hydrogen) atoms. The van der Waals surface area contributed by atoms with Gasteiger partial charge in [-0.25, -0.2) is 0 Å². The predicted molar refractivity (Wildman–Crippen MR) is 84.9 cm³/mol. The van der Waals surface area contributed by atoms with E-state index in [1.807, 2.05) is 0 Å². The van der Waals surface area contributed by atoms with Gasteiger partial charge in [0.05, 0.1) is 12.8 Å². The van der Waals surface area contributed by atoms with Gasteiger partial charge in [-0.05, 0) is 50.3 Å². The molecule has 0 aliphatic heterocycles. The highest BCUT2D eigenvalue weighted by molar-refractivity contribution is 5.93. The van der Waals surface area contributed by atoms with Crippen LogP contribution in [0.4, 0.5) is 0 Å². The summed E-state index contributed by atoms with van der Waals surface area (Å²) in [6, 6.07) is 3.49. The molecule has 1 heterocycles. The van der Waals surface area contributed by atoms with Crippen LogP contribution in [0, 0.1) is 0 Å². The van der Waals surface area contributed by atoms with Crippen LogP contribution in [0.15, 0.2) is 40.5 Å². The van der Waals surface area contributed by atoms with Gasteiger partial charge in [-0.15, -0.1) is 0 Å². The van der Waals surface area contributed by atoms with Crippen LogP contribution in [0.2, 0.25) is 0 Å². The van der Waals surface area contributed by atoms with Gasteiger partial charge in [-0.3, -0.25) is 9.59 Å². The third-order valence-electron chi connectivity index (χ3n) is 3.52. The van der Waals surface area contributed by atoms with Crippen LogP contribution in [0.5, 0.6) is 0 Å². The van der Waals surface area contributed by atoms with Crippen LogP contribution in [0.25, 0.3) is 6.08 Å². The fourth-order valence-electron chi connectivity index (χ4n) is 2.33. The summed E-state index contributed by atoms with van der Waals surface area (Å²) in [5, 5.41) is 5.36. The van der Waals surface area contributed by atoms with E-state index in [1.165, 1.54) is 30.8 Å². The number of rotatable bonds is 7. The van der Waals surface area contributed by atoms with Crippen LogP contribution in [-0.2, 0) is 9.59 Å². The van der Waals surface area contributed by atoms with E-state index in [1.54, 1.807) is 18.2 Å². The average Bonchev–Trinajstić information content (AvgIpc) is 3.05. The Morgan fingerprint density at radius 2 is 2.18 bits per heavy atom. The minimum Gasteiger partial charge on any atom is -0.465 e. The molecule has 0 fully saturated rings. The number of hydrogen-bond donors (Lipinski definition) is 2. The van der Waals surface area contributed by atoms with E-state index in [4.69, 9.17) is 4.42 Å². The minimum atomic E-state index is -0.318. The fraction of sp³-hybridized carbons (Fsp3) is 0.412. The zero-order chi connectivity index (χ0) is 15.6. The largest absolute Gasteiger partial charge is 0.465 e. The molecule has 5 heteroatoms.